The molecule has 0 bridgehead atoms. The smallest absolute Gasteiger partial charge is 0.462 e. The number of unbranched alkanes of at least 4 members (excludes halogenated alkanes) is 36. The largest absolute Gasteiger partial charge is 0.472 e. The third-order valence-corrected chi connectivity index (χ3v) is 19.9. The zero-order valence-corrected chi connectivity index (χ0v) is 61.8. The summed E-state index contributed by atoms with van der Waals surface area (Å²) in [5.74, 6) is 0.240. The van der Waals surface area contributed by atoms with Crippen molar-refractivity contribution < 1.29 is 80.2 Å². The number of hydrogen-bond donors (Lipinski definition) is 3. The predicted molar refractivity (Wildman–Crippen MR) is 372 cm³/mol. The molecule has 0 fully saturated rings. The molecular formula is C73H142O17P2. The fourth-order valence-electron chi connectivity index (χ4n) is 11.0. The Kier molecular flexibility index (Phi) is 62.4. The van der Waals surface area contributed by atoms with E-state index in [0.717, 1.165) is 114 Å². The molecule has 0 aromatic carbocycles. The molecular weight excluding hydrogens is 1210 g/mol. The molecule has 0 aliphatic rings. The number of aliphatic hydroxyl groups is 1. The van der Waals surface area contributed by atoms with Crippen molar-refractivity contribution in [3.63, 3.8) is 0 Å². The van der Waals surface area contributed by atoms with Crippen molar-refractivity contribution in [2.75, 3.05) is 39.6 Å². The third-order valence-electron chi connectivity index (χ3n) is 18.0. The van der Waals surface area contributed by atoms with E-state index in [4.69, 9.17) is 37.0 Å². The van der Waals surface area contributed by atoms with Gasteiger partial charge in [0.1, 0.15) is 19.3 Å². The van der Waals surface area contributed by atoms with Crippen LogP contribution in [0.4, 0.5) is 0 Å². The maximum atomic E-state index is 13.1. The molecule has 0 spiro atoms. The first-order valence-electron chi connectivity index (χ1n) is 38.0. The van der Waals surface area contributed by atoms with Crippen LogP contribution in [0.15, 0.2) is 0 Å². The summed E-state index contributed by atoms with van der Waals surface area (Å²) in [6.07, 6.45) is 48.7. The summed E-state index contributed by atoms with van der Waals surface area (Å²) in [7, 11) is -9.90. The van der Waals surface area contributed by atoms with Crippen molar-refractivity contribution in [3.8, 4) is 0 Å². The van der Waals surface area contributed by atoms with Crippen molar-refractivity contribution in [1.29, 1.82) is 0 Å². The van der Waals surface area contributed by atoms with Gasteiger partial charge >= 0.3 is 39.5 Å². The van der Waals surface area contributed by atoms with Gasteiger partial charge in [-0.1, -0.05) is 318 Å². The van der Waals surface area contributed by atoms with Gasteiger partial charge in [-0.05, 0) is 43.4 Å². The number of hydrogen-bond acceptors (Lipinski definition) is 15. The number of phosphoric ester groups is 2. The van der Waals surface area contributed by atoms with E-state index in [2.05, 4.69) is 48.5 Å². The number of carbonyl (C=O) groups excluding carboxylic acids is 4. The monoisotopic (exact) mass is 1350 g/mol. The van der Waals surface area contributed by atoms with Gasteiger partial charge in [0.15, 0.2) is 12.2 Å². The van der Waals surface area contributed by atoms with Crippen LogP contribution in [0.25, 0.3) is 0 Å². The standard InChI is InChI=1S/C73H142O17P2/c1-8-12-13-14-15-32-40-47-54-70(75)83-61-69(90-73(78)57-50-43-36-35-39-46-53-66(7)11-4)63-88-92(81,82)86-59-67(74)58-85-91(79,80)87-62-68(60-84-71(76)55-48-41-33-29-28-31-38-45-52-65(6)10-3)89-72(77)56-49-42-34-27-25-23-21-19-17-16-18-20-22-24-26-30-37-44-51-64(5)9-2/h64-69,74H,8-63H2,1-7H3,(H,79,80)(H,81,82)/t64?,65?,66?,67-,68-,69-/m1/s1. The molecule has 0 heterocycles. The van der Waals surface area contributed by atoms with Crippen LogP contribution in [-0.4, -0.2) is 96.7 Å². The van der Waals surface area contributed by atoms with Crippen molar-refractivity contribution >= 4 is 39.5 Å². The Morgan fingerprint density at radius 3 is 0.772 bits per heavy atom. The number of aliphatic hydroxyl groups excluding tert-OH is 1. The highest BCUT2D eigenvalue weighted by Gasteiger charge is 2.30. The van der Waals surface area contributed by atoms with E-state index in [9.17, 15) is 43.2 Å². The second-order valence-corrected chi connectivity index (χ2v) is 30.0. The van der Waals surface area contributed by atoms with Gasteiger partial charge in [0.05, 0.1) is 26.4 Å². The molecule has 0 amide bonds. The van der Waals surface area contributed by atoms with Crippen LogP contribution >= 0.6 is 15.6 Å². The molecule has 19 heteroatoms. The number of phosphoric acid groups is 2. The van der Waals surface area contributed by atoms with Gasteiger partial charge in [0.25, 0.3) is 0 Å². The molecule has 0 aromatic heterocycles. The van der Waals surface area contributed by atoms with Crippen LogP contribution in [0.5, 0.6) is 0 Å². The van der Waals surface area contributed by atoms with Gasteiger partial charge in [0, 0.05) is 25.7 Å². The lowest BCUT2D eigenvalue weighted by atomic mass is 9.99. The Hall–Kier alpha value is -1.94. The van der Waals surface area contributed by atoms with Crippen LogP contribution < -0.4 is 0 Å². The van der Waals surface area contributed by atoms with E-state index in [1.807, 2.05) is 0 Å². The Balaban J connectivity index is 5.15. The lowest BCUT2D eigenvalue weighted by molar-refractivity contribution is -0.161. The third kappa shape index (κ3) is 62.8. The number of carbonyl (C=O) groups is 4. The molecule has 5 unspecified atom stereocenters. The minimum Gasteiger partial charge on any atom is -0.462 e. The zero-order chi connectivity index (χ0) is 68.0. The number of ether oxygens (including phenoxy) is 4. The molecule has 0 saturated heterocycles. The highest BCUT2D eigenvalue weighted by atomic mass is 31.2. The number of esters is 4. The average molecular weight is 1350 g/mol. The normalized spacial score (nSPS) is 15.0. The first kappa shape index (κ1) is 90.1. The molecule has 0 saturated carbocycles. The Morgan fingerprint density at radius 1 is 0.304 bits per heavy atom. The summed E-state index contributed by atoms with van der Waals surface area (Å²) < 4.78 is 68.3. The van der Waals surface area contributed by atoms with Gasteiger partial charge in [-0.2, -0.15) is 0 Å². The van der Waals surface area contributed by atoms with Gasteiger partial charge in [0.2, 0.25) is 0 Å². The number of rotatable bonds is 71. The molecule has 546 valence electrons. The zero-order valence-electron chi connectivity index (χ0n) is 60.0. The van der Waals surface area contributed by atoms with Crippen molar-refractivity contribution in [1.82, 2.24) is 0 Å². The van der Waals surface area contributed by atoms with E-state index in [1.54, 1.807) is 0 Å². The van der Waals surface area contributed by atoms with Gasteiger partial charge in [-0.15, -0.1) is 0 Å². The van der Waals surface area contributed by atoms with E-state index in [1.165, 1.54) is 173 Å². The molecule has 0 aliphatic carbocycles. The van der Waals surface area contributed by atoms with Crippen LogP contribution in [0.2, 0.25) is 0 Å². The first-order valence-corrected chi connectivity index (χ1v) is 41.0. The maximum Gasteiger partial charge on any atom is 0.472 e. The van der Waals surface area contributed by atoms with Crippen LogP contribution in [0, 0.1) is 17.8 Å². The van der Waals surface area contributed by atoms with Crippen LogP contribution in [-0.2, 0) is 65.4 Å². The molecule has 0 radical (unpaired) electrons. The summed E-state index contributed by atoms with van der Waals surface area (Å²) in [5.41, 5.74) is 0. The van der Waals surface area contributed by atoms with Crippen LogP contribution in [0.3, 0.4) is 0 Å². The molecule has 17 nitrogen and oxygen atoms in total. The fraction of sp³-hybridized carbons (Fsp3) is 0.945. The quantitative estimate of drug-likeness (QED) is 0.0222. The summed E-state index contributed by atoms with van der Waals surface area (Å²) in [6, 6.07) is 0. The van der Waals surface area contributed by atoms with E-state index in [0.29, 0.717) is 25.7 Å². The second-order valence-electron chi connectivity index (χ2n) is 27.1. The molecule has 3 N–H and O–H groups in total. The summed E-state index contributed by atoms with van der Waals surface area (Å²) >= 11 is 0. The van der Waals surface area contributed by atoms with Crippen LogP contribution in [0.1, 0.15) is 370 Å². The second kappa shape index (κ2) is 63.8. The highest BCUT2D eigenvalue weighted by molar-refractivity contribution is 7.47. The topological polar surface area (TPSA) is 237 Å². The summed E-state index contributed by atoms with van der Waals surface area (Å²) in [6.45, 7) is 11.9. The summed E-state index contributed by atoms with van der Waals surface area (Å²) in [4.78, 5) is 72.5. The molecule has 8 atom stereocenters. The SMILES string of the molecule is CCCCCCCCCCC(=O)OC[C@H](COP(=O)(O)OC[C@H](O)COP(=O)(O)OC[C@@H](COC(=O)CCCCCCCCCCC(C)CC)OC(=O)CCCCCCCCCCCCCCCCCCCCC(C)CC)OC(=O)CCCCCCCCC(C)CC. The fourth-order valence-corrected chi connectivity index (χ4v) is 12.6. The molecule has 0 aromatic rings. The first-order chi connectivity index (χ1) is 44.3. The van der Waals surface area contributed by atoms with Gasteiger partial charge in [-0.25, -0.2) is 9.13 Å². The van der Waals surface area contributed by atoms with Gasteiger partial charge in [-0.3, -0.25) is 37.3 Å². The lowest BCUT2D eigenvalue weighted by Gasteiger charge is -2.21. The molecule has 0 aliphatic heterocycles. The van der Waals surface area contributed by atoms with E-state index >= 15 is 0 Å². The maximum absolute atomic E-state index is 13.1. The Morgan fingerprint density at radius 2 is 0.522 bits per heavy atom. The molecule has 0 rings (SSSR count). The molecule has 92 heavy (non-hydrogen) atoms. The lowest BCUT2D eigenvalue weighted by Crippen LogP contribution is -2.30. The van der Waals surface area contributed by atoms with Gasteiger partial charge < -0.3 is 33.8 Å². The minimum atomic E-state index is -4.95. The predicted octanol–water partition coefficient (Wildman–Crippen LogP) is 21.0. The van der Waals surface area contributed by atoms with Crippen molar-refractivity contribution in [2.45, 2.75) is 388 Å². The minimum absolute atomic E-state index is 0.103. The van der Waals surface area contributed by atoms with E-state index in [-0.39, 0.29) is 25.7 Å². The average Bonchev–Trinajstić information content (AvgIpc) is 1.61. The Labute approximate surface area is 562 Å². The highest BCUT2D eigenvalue weighted by Crippen LogP contribution is 2.45. The Bertz CT molecular complexity index is 1810. The summed E-state index contributed by atoms with van der Waals surface area (Å²) in [5, 5.41) is 10.6. The van der Waals surface area contributed by atoms with Crippen molar-refractivity contribution in [2.24, 2.45) is 17.8 Å². The van der Waals surface area contributed by atoms with E-state index < -0.39 is 97.5 Å². The van der Waals surface area contributed by atoms with Crippen molar-refractivity contribution in [3.05, 3.63) is 0 Å².